The summed E-state index contributed by atoms with van der Waals surface area (Å²) in [5.74, 6) is -0.526. The monoisotopic (exact) mass is 438 g/mol. The van der Waals surface area contributed by atoms with E-state index in [0.717, 1.165) is 0 Å². The smallest absolute Gasteiger partial charge is 0.347 e. The number of amides is 2. The molecule has 0 bridgehead atoms. The third-order valence-electron chi connectivity index (χ3n) is 4.77. The molecule has 0 fully saturated rings. The number of ether oxygens (including phenoxy) is 3. The molecule has 0 unspecified atom stereocenters. The van der Waals surface area contributed by atoms with Crippen LogP contribution in [0.2, 0.25) is 0 Å². The Hall–Kier alpha value is -3.81. The van der Waals surface area contributed by atoms with E-state index < -0.39 is 30.1 Å². The van der Waals surface area contributed by atoms with Gasteiger partial charge in [0.2, 0.25) is 0 Å². The molecule has 32 heavy (non-hydrogen) atoms. The van der Waals surface area contributed by atoms with Crippen LogP contribution in [0.4, 0.5) is 4.79 Å². The fraction of sp³-hybridized carbons (Fsp3) is 0.292. The van der Waals surface area contributed by atoms with Crippen LogP contribution in [-0.4, -0.2) is 37.3 Å². The fourth-order valence-corrected chi connectivity index (χ4v) is 3.33. The Balaban J connectivity index is 1.94. The van der Waals surface area contributed by atoms with Gasteiger partial charge in [0, 0.05) is 0 Å². The van der Waals surface area contributed by atoms with Gasteiger partial charge in [0.1, 0.15) is 5.75 Å². The summed E-state index contributed by atoms with van der Waals surface area (Å²) in [5.41, 5.74) is 2.05. The van der Waals surface area contributed by atoms with E-state index >= 15 is 0 Å². The lowest BCUT2D eigenvalue weighted by Gasteiger charge is -2.29. The van der Waals surface area contributed by atoms with Crippen LogP contribution in [0.25, 0.3) is 5.70 Å². The third-order valence-corrected chi connectivity index (χ3v) is 4.77. The van der Waals surface area contributed by atoms with Gasteiger partial charge in [0.05, 0.1) is 30.5 Å². The van der Waals surface area contributed by atoms with Crippen molar-refractivity contribution < 1.29 is 28.6 Å². The minimum absolute atomic E-state index is 0.198. The molecule has 0 spiro atoms. The summed E-state index contributed by atoms with van der Waals surface area (Å²) in [6.45, 7) is 5.52. The summed E-state index contributed by atoms with van der Waals surface area (Å²) in [4.78, 5) is 37.1. The number of urea groups is 1. The second kappa shape index (κ2) is 10.5. The van der Waals surface area contributed by atoms with Gasteiger partial charge in [-0.05, 0) is 44.0 Å². The van der Waals surface area contributed by atoms with Crippen LogP contribution in [-0.2, 0) is 19.1 Å². The van der Waals surface area contributed by atoms with E-state index in [4.69, 9.17) is 14.2 Å². The third kappa shape index (κ3) is 5.26. The first-order chi connectivity index (χ1) is 15.4. The second-order valence-corrected chi connectivity index (χ2v) is 6.99. The van der Waals surface area contributed by atoms with Crippen LogP contribution < -0.4 is 15.4 Å². The van der Waals surface area contributed by atoms with E-state index in [1.807, 2.05) is 30.3 Å². The standard InChI is InChI=1S/C24H26N2O6/c1-4-30-22(27)15(3)32-18-13-11-17(12-14-18)21-19(23(28)31-5-2)20(25-24(29)26-21)16-9-7-6-8-10-16/h6-15,21H,4-5H2,1-3H3,(H2,25,26,29)/t15-,21-/m0/s1. The Bertz CT molecular complexity index is 1000. The summed E-state index contributed by atoms with van der Waals surface area (Å²) in [6.07, 6.45) is -0.765. The zero-order valence-corrected chi connectivity index (χ0v) is 18.2. The number of rotatable bonds is 8. The first kappa shape index (κ1) is 22.9. The fourth-order valence-electron chi connectivity index (χ4n) is 3.33. The van der Waals surface area contributed by atoms with E-state index in [1.54, 1.807) is 45.0 Å². The number of esters is 2. The van der Waals surface area contributed by atoms with Crippen LogP contribution in [0.5, 0.6) is 5.75 Å². The highest BCUT2D eigenvalue weighted by Crippen LogP contribution is 2.32. The number of hydrogen-bond donors (Lipinski definition) is 2. The molecule has 1 aliphatic rings. The number of benzene rings is 2. The highest BCUT2D eigenvalue weighted by molar-refractivity contribution is 6.04. The summed E-state index contributed by atoms with van der Waals surface area (Å²) in [5, 5.41) is 5.53. The predicted molar refractivity (Wildman–Crippen MR) is 118 cm³/mol. The molecule has 0 saturated carbocycles. The minimum Gasteiger partial charge on any atom is -0.479 e. The number of carbonyl (C=O) groups excluding carboxylic acids is 3. The van der Waals surface area contributed by atoms with Gasteiger partial charge in [-0.1, -0.05) is 42.5 Å². The van der Waals surface area contributed by atoms with Gasteiger partial charge in [-0.2, -0.15) is 0 Å². The Labute approximate surface area is 186 Å². The Morgan fingerprint density at radius 2 is 1.62 bits per heavy atom. The van der Waals surface area contributed by atoms with Crippen LogP contribution in [0.1, 0.15) is 37.9 Å². The molecular formula is C24H26N2O6. The van der Waals surface area contributed by atoms with Gasteiger partial charge in [0.25, 0.3) is 0 Å². The van der Waals surface area contributed by atoms with Crippen molar-refractivity contribution in [2.24, 2.45) is 0 Å². The molecule has 2 atom stereocenters. The van der Waals surface area contributed by atoms with Gasteiger partial charge in [-0.25, -0.2) is 14.4 Å². The zero-order chi connectivity index (χ0) is 23.1. The predicted octanol–water partition coefficient (Wildman–Crippen LogP) is 3.35. The molecule has 2 N–H and O–H groups in total. The molecule has 8 heteroatoms. The highest BCUT2D eigenvalue weighted by atomic mass is 16.6. The number of carbonyl (C=O) groups is 3. The molecule has 0 saturated heterocycles. The van der Waals surface area contributed by atoms with Gasteiger partial charge in [-0.3, -0.25) is 0 Å². The van der Waals surface area contributed by atoms with Gasteiger partial charge < -0.3 is 24.8 Å². The second-order valence-electron chi connectivity index (χ2n) is 6.99. The van der Waals surface area contributed by atoms with Gasteiger partial charge in [0.15, 0.2) is 6.10 Å². The molecule has 0 aliphatic carbocycles. The van der Waals surface area contributed by atoms with Crippen molar-refractivity contribution in [3.05, 3.63) is 71.3 Å². The van der Waals surface area contributed by atoms with Crippen molar-refractivity contribution in [3.8, 4) is 5.75 Å². The first-order valence-corrected chi connectivity index (χ1v) is 10.4. The largest absolute Gasteiger partial charge is 0.479 e. The molecular weight excluding hydrogens is 412 g/mol. The van der Waals surface area contributed by atoms with Crippen LogP contribution >= 0.6 is 0 Å². The molecule has 2 aromatic carbocycles. The average Bonchev–Trinajstić information content (AvgIpc) is 2.80. The van der Waals surface area contributed by atoms with Crippen molar-refractivity contribution in [3.63, 3.8) is 0 Å². The van der Waals surface area contributed by atoms with E-state index in [1.165, 1.54) is 0 Å². The Morgan fingerprint density at radius 1 is 0.969 bits per heavy atom. The number of hydrogen-bond acceptors (Lipinski definition) is 6. The lowest BCUT2D eigenvalue weighted by Crippen LogP contribution is -2.45. The molecule has 3 rings (SSSR count). The average molecular weight is 438 g/mol. The van der Waals surface area contributed by atoms with Crippen molar-refractivity contribution in [1.82, 2.24) is 10.6 Å². The van der Waals surface area contributed by atoms with Crippen molar-refractivity contribution >= 4 is 23.7 Å². The highest BCUT2D eigenvalue weighted by Gasteiger charge is 2.34. The van der Waals surface area contributed by atoms with Gasteiger partial charge >= 0.3 is 18.0 Å². The maximum atomic E-state index is 12.9. The maximum absolute atomic E-state index is 12.9. The topological polar surface area (TPSA) is 103 Å². The zero-order valence-electron chi connectivity index (χ0n) is 18.2. The van der Waals surface area contributed by atoms with Crippen molar-refractivity contribution in [2.75, 3.05) is 13.2 Å². The minimum atomic E-state index is -0.765. The summed E-state index contributed by atoms with van der Waals surface area (Å²) < 4.78 is 15.8. The SMILES string of the molecule is CCOC(=O)C1=C(c2ccccc2)NC(=O)N[C@H]1c1ccc(O[C@@H](C)C(=O)OCC)cc1. The summed E-state index contributed by atoms with van der Waals surface area (Å²) in [7, 11) is 0. The molecule has 168 valence electrons. The molecule has 0 aromatic heterocycles. The normalized spacial score (nSPS) is 16.5. The lowest BCUT2D eigenvalue weighted by atomic mass is 9.92. The lowest BCUT2D eigenvalue weighted by molar-refractivity contribution is -0.150. The van der Waals surface area contributed by atoms with E-state index in [2.05, 4.69) is 10.6 Å². The van der Waals surface area contributed by atoms with E-state index in [-0.39, 0.29) is 13.2 Å². The van der Waals surface area contributed by atoms with Crippen LogP contribution in [0.15, 0.2) is 60.2 Å². The van der Waals surface area contributed by atoms with Crippen molar-refractivity contribution in [2.45, 2.75) is 32.9 Å². The quantitative estimate of drug-likeness (QED) is 0.613. The van der Waals surface area contributed by atoms with Crippen molar-refractivity contribution in [1.29, 1.82) is 0 Å². The van der Waals surface area contributed by atoms with E-state index in [9.17, 15) is 14.4 Å². The Kier molecular flexibility index (Phi) is 7.49. The molecule has 8 nitrogen and oxygen atoms in total. The molecule has 1 heterocycles. The Morgan fingerprint density at radius 3 is 2.25 bits per heavy atom. The van der Waals surface area contributed by atoms with Crippen LogP contribution in [0.3, 0.4) is 0 Å². The van der Waals surface area contributed by atoms with E-state index in [0.29, 0.717) is 28.1 Å². The molecule has 1 aliphatic heterocycles. The summed E-state index contributed by atoms with van der Waals surface area (Å²) in [6, 6.07) is 14.8. The number of nitrogens with one attached hydrogen (secondary N) is 2. The summed E-state index contributed by atoms with van der Waals surface area (Å²) >= 11 is 0. The molecule has 2 aromatic rings. The maximum Gasteiger partial charge on any atom is 0.347 e. The van der Waals surface area contributed by atoms with Gasteiger partial charge in [-0.15, -0.1) is 0 Å². The molecule has 2 amide bonds. The molecule has 0 radical (unpaired) electrons. The van der Waals surface area contributed by atoms with Crippen LogP contribution in [0, 0.1) is 0 Å². The first-order valence-electron chi connectivity index (χ1n) is 10.4.